The summed E-state index contributed by atoms with van der Waals surface area (Å²) in [6.45, 7) is 2.06. The molecule has 0 aromatic heterocycles. The predicted octanol–water partition coefficient (Wildman–Crippen LogP) is 2.64. The summed E-state index contributed by atoms with van der Waals surface area (Å²) in [5.41, 5.74) is 4.22. The Hall–Kier alpha value is -1.42. The van der Waals surface area contributed by atoms with Gasteiger partial charge >= 0.3 is 0 Å². The number of nitrogens with two attached hydrogens (primary N) is 1. The minimum atomic E-state index is 0.205. The summed E-state index contributed by atoms with van der Waals surface area (Å²) in [5, 5.41) is 2.57. The standard InChI is InChI=1S/C16H22N2O/c1-12(19-2)10-15(18-17)11-14-8-5-7-13-6-3-4-9-16(13)14/h3-9,12,15,18H,10-11,17H2,1-2H3. The number of rotatable bonds is 6. The maximum absolute atomic E-state index is 5.66. The van der Waals surface area contributed by atoms with Crippen LogP contribution in [0.1, 0.15) is 18.9 Å². The van der Waals surface area contributed by atoms with E-state index >= 15 is 0 Å². The van der Waals surface area contributed by atoms with E-state index in [1.165, 1.54) is 16.3 Å². The highest BCUT2D eigenvalue weighted by molar-refractivity contribution is 5.85. The molecule has 2 unspecified atom stereocenters. The predicted molar refractivity (Wildman–Crippen MR) is 79.9 cm³/mol. The van der Waals surface area contributed by atoms with Crippen LogP contribution in [-0.2, 0) is 11.2 Å². The Kier molecular flexibility index (Phi) is 4.91. The largest absolute Gasteiger partial charge is 0.382 e. The molecule has 0 bridgehead atoms. The van der Waals surface area contributed by atoms with Gasteiger partial charge in [-0.2, -0.15) is 0 Å². The number of ether oxygens (including phenoxy) is 1. The van der Waals surface area contributed by atoms with E-state index in [-0.39, 0.29) is 12.1 Å². The van der Waals surface area contributed by atoms with Crippen molar-refractivity contribution >= 4 is 10.8 Å². The molecular formula is C16H22N2O. The first-order chi connectivity index (χ1) is 9.24. The van der Waals surface area contributed by atoms with Crippen molar-refractivity contribution in [3.63, 3.8) is 0 Å². The summed E-state index contributed by atoms with van der Waals surface area (Å²) in [6, 6.07) is 15.1. The molecule has 2 atom stereocenters. The van der Waals surface area contributed by atoms with Gasteiger partial charge in [0.05, 0.1) is 6.10 Å². The maximum atomic E-state index is 5.66. The van der Waals surface area contributed by atoms with Crippen LogP contribution < -0.4 is 11.3 Å². The summed E-state index contributed by atoms with van der Waals surface area (Å²) < 4.78 is 5.31. The van der Waals surface area contributed by atoms with Crippen LogP contribution in [0.15, 0.2) is 42.5 Å². The van der Waals surface area contributed by atoms with Crippen LogP contribution in [-0.4, -0.2) is 19.3 Å². The number of fused-ring (bicyclic) bond motifs is 1. The van der Waals surface area contributed by atoms with E-state index in [0.29, 0.717) is 0 Å². The third-order valence-electron chi connectivity index (χ3n) is 3.60. The Morgan fingerprint density at radius 2 is 1.89 bits per heavy atom. The first-order valence-electron chi connectivity index (χ1n) is 6.70. The minimum absolute atomic E-state index is 0.205. The van der Waals surface area contributed by atoms with Crippen molar-refractivity contribution in [2.75, 3.05) is 7.11 Å². The second-order valence-corrected chi connectivity index (χ2v) is 4.99. The molecule has 0 aliphatic rings. The van der Waals surface area contributed by atoms with Crippen molar-refractivity contribution < 1.29 is 4.74 Å². The topological polar surface area (TPSA) is 47.3 Å². The maximum Gasteiger partial charge on any atom is 0.0558 e. The van der Waals surface area contributed by atoms with Crippen molar-refractivity contribution in [1.82, 2.24) is 5.43 Å². The van der Waals surface area contributed by atoms with Crippen LogP contribution in [0, 0.1) is 0 Å². The Labute approximate surface area is 114 Å². The van der Waals surface area contributed by atoms with Gasteiger partial charge in [-0.3, -0.25) is 11.3 Å². The van der Waals surface area contributed by atoms with E-state index in [4.69, 9.17) is 10.6 Å². The summed E-state index contributed by atoms with van der Waals surface area (Å²) in [4.78, 5) is 0. The van der Waals surface area contributed by atoms with E-state index in [1.54, 1.807) is 7.11 Å². The summed E-state index contributed by atoms with van der Waals surface area (Å²) in [7, 11) is 1.73. The van der Waals surface area contributed by atoms with Crippen LogP contribution in [0.2, 0.25) is 0 Å². The first kappa shape index (κ1) is 14.0. The minimum Gasteiger partial charge on any atom is -0.382 e. The van der Waals surface area contributed by atoms with E-state index in [1.807, 2.05) is 0 Å². The SMILES string of the molecule is COC(C)CC(Cc1cccc2ccccc12)NN. The zero-order valence-electron chi connectivity index (χ0n) is 11.6. The number of hydrazine groups is 1. The van der Waals surface area contributed by atoms with Crippen molar-refractivity contribution in [2.45, 2.75) is 31.9 Å². The molecule has 102 valence electrons. The van der Waals surface area contributed by atoms with E-state index in [0.717, 1.165) is 12.8 Å². The van der Waals surface area contributed by atoms with Crippen LogP contribution in [0.3, 0.4) is 0 Å². The molecule has 0 amide bonds. The average molecular weight is 258 g/mol. The lowest BCUT2D eigenvalue weighted by molar-refractivity contribution is 0.100. The van der Waals surface area contributed by atoms with Gasteiger partial charge in [0, 0.05) is 13.2 Å². The fraction of sp³-hybridized carbons (Fsp3) is 0.375. The van der Waals surface area contributed by atoms with Gasteiger partial charge in [-0.25, -0.2) is 0 Å². The fourth-order valence-corrected chi connectivity index (χ4v) is 2.44. The van der Waals surface area contributed by atoms with Gasteiger partial charge in [-0.1, -0.05) is 42.5 Å². The molecule has 2 rings (SSSR count). The van der Waals surface area contributed by atoms with Crippen LogP contribution in [0.4, 0.5) is 0 Å². The monoisotopic (exact) mass is 258 g/mol. The van der Waals surface area contributed by atoms with Gasteiger partial charge in [0.15, 0.2) is 0 Å². The summed E-state index contributed by atoms with van der Waals surface area (Å²) in [6.07, 6.45) is 2.01. The second kappa shape index (κ2) is 6.66. The van der Waals surface area contributed by atoms with Crippen LogP contribution >= 0.6 is 0 Å². The quantitative estimate of drug-likeness (QED) is 0.618. The van der Waals surface area contributed by atoms with Crippen molar-refractivity contribution in [1.29, 1.82) is 0 Å². The van der Waals surface area contributed by atoms with Gasteiger partial charge in [-0.15, -0.1) is 0 Å². The average Bonchev–Trinajstić information content (AvgIpc) is 2.46. The highest BCUT2D eigenvalue weighted by Gasteiger charge is 2.13. The number of methoxy groups -OCH3 is 1. The number of nitrogens with one attached hydrogen (secondary N) is 1. The zero-order valence-corrected chi connectivity index (χ0v) is 11.6. The van der Waals surface area contributed by atoms with Crippen LogP contribution in [0.5, 0.6) is 0 Å². The number of benzene rings is 2. The lowest BCUT2D eigenvalue weighted by atomic mass is 9.96. The number of hydrogen-bond acceptors (Lipinski definition) is 3. The molecule has 0 saturated carbocycles. The highest BCUT2D eigenvalue weighted by Crippen LogP contribution is 2.20. The van der Waals surface area contributed by atoms with Gasteiger partial charge < -0.3 is 4.74 Å². The molecule has 2 aromatic carbocycles. The molecule has 0 fully saturated rings. The normalized spacial score (nSPS) is 14.5. The van der Waals surface area contributed by atoms with Gasteiger partial charge in [-0.05, 0) is 36.1 Å². The highest BCUT2D eigenvalue weighted by atomic mass is 16.5. The van der Waals surface area contributed by atoms with Gasteiger partial charge in [0.1, 0.15) is 0 Å². The Balaban J connectivity index is 2.19. The third kappa shape index (κ3) is 3.53. The lowest BCUT2D eigenvalue weighted by Crippen LogP contribution is -2.39. The smallest absolute Gasteiger partial charge is 0.0558 e. The molecule has 0 spiro atoms. The Bertz CT molecular complexity index is 522. The first-order valence-corrected chi connectivity index (χ1v) is 6.70. The van der Waals surface area contributed by atoms with Crippen molar-refractivity contribution in [2.24, 2.45) is 5.84 Å². The summed E-state index contributed by atoms with van der Waals surface area (Å²) >= 11 is 0. The molecule has 3 nitrogen and oxygen atoms in total. The second-order valence-electron chi connectivity index (χ2n) is 4.99. The zero-order chi connectivity index (χ0) is 13.7. The molecule has 19 heavy (non-hydrogen) atoms. The van der Waals surface area contributed by atoms with Crippen molar-refractivity contribution in [3.05, 3.63) is 48.0 Å². The molecule has 2 aromatic rings. The van der Waals surface area contributed by atoms with Crippen molar-refractivity contribution in [3.8, 4) is 0 Å². The molecule has 0 radical (unpaired) electrons. The molecule has 0 aliphatic carbocycles. The van der Waals surface area contributed by atoms with Crippen LogP contribution in [0.25, 0.3) is 10.8 Å². The van der Waals surface area contributed by atoms with E-state index in [2.05, 4.69) is 54.8 Å². The van der Waals surface area contributed by atoms with E-state index < -0.39 is 0 Å². The van der Waals surface area contributed by atoms with Gasteiger partial charge in [0.2, 0.25) is 0 Å². The fourth-order valence-electron chi connectivity index (χ4n) is 2.44. The lowest BCUT2D eigenvalue weighted by Gasteiger charge is -2.20. The molecule has 0 heterocycles. The molecule has 0 aliphatic heterocycles. The molecular weight excluding hydrogens is 236 g/mol. The van der Waals surface area contributed by atoms with E-state index in [9.17, 15) is 0 Å². The molecule has 3 heteroatoms. The summed E-state index contributed by atoms with van der Waals surface area (Å²) in [5.74, 6) is 5.66. The Morgan fingerprint density at radius 3 is 2.63 bits per heavy atom. The number of hydrogen-bond donors (Lipinski definition) is 2. The molecule has 3 N–H and O–H groups in total. The van der Waals surface area contributed by atoms with Gasteiger partial charge in [0.25, 0.3) is 0 Å². The third-order valence-corrected chi connectivity index (χ3v) is 3.60. The molecule has 0 saturated heterocycles. The Morgan fingerprint density at radius 1 is 1.16 bits per heavy atom.